The fourth-order valence-corrected chi connectivity index (χ4v) is 1.95. The molecule has 21 heavy (non-hydrogen) atoms. The summed E-state index contributed by atoms with van der Waals surface area (Å²) in [5.41, 5.74) is 2.68. The largest absolute Gasteiger partial charge is 0.424 e. The van der Waals surface area contributed by atoms with Gasteiger partial charge in [0.25, 0.3) is 0 Å². The molecule has 1 aromatic carbocycles. The van der Waals surface area contributed by atoms with Crippen molar-refractivity contribution in [2.75, 3.05) is 0 Å². The summed E-state index contributed by atoms with van der Waals surface area (Å²) in [6.07, 6.45) is 0.689. The molecule has 0 bridgehead atoms. The first-order valence-corrected chi connectivity index (χ1v) is 7.45. The second-order valence-electron chi connectivity index (χ2n) is 6.66. The van der Waals surface area contributed by atoms with E-state index in [-0.39, 0.29) is 5.41 Å². The predicted octanol–water partition coefficient (Wildman–Crippen LogP) is 3.49. The molecule has 4 heteroatoms. The molecule has 1 N–H and O–H groups in total. The van der Waals surface area contributed by atoms with Crippen LogP contribution in [0.2, 0.25) is 0 Å². The van der Waals surface area contributed by atoms with Gasteiger partial charge < -0.3 is 9.73 Å². The van der Waals surface area contributed by atoms with E-state index in [1.807, 2.05) is 12.1 Å². The maximum absolute atomic E-state index is 5.72. The highest BCUT2D eigenvalue weighted by Crippen LogP contribution is 2.19. The molecule has 0 aliphatic heterocycles. The second-order valence-corrected chi connectivity index (χ2v) is 6.66. The molecule has 2 aromatic rings. The highest BCUT2D eigenvalue weighted by molar-refractivity contribution is 5.27. The van der Waals surface area contributed by atoms with Gasteiger partial charge in [-0.2, -0.15) is 0 Å². The maximum atomic E-state index is 5.72. The molecular formula is C17H25N3O. The molecule has 0 aliphatic rings. The number of aryl methyl sites for hydroxylation is 1. The van der Waals surface area contributed by atoms with Crippen LogP contribution in [0.15, 0.2) is 28.7 Å². The van der Waals surface area contributed by atoms with Crippen LogP contribution in [0.3, 0.4) is 0 Å². The van der Waals surface area contributed by atoms with Crippen LogP contribution in [0.25, 0.3) is 0 Å². The Bertz CT molecular complexity index is 584. The molecule has 4 nitrogen and oxygen atoms in total. The number of benzene rings is 1. The van der Waals surface area contributed by atoms with E-state index in [9.17, 15) is 0 Å². The summed E-state index contributed by atoms with van der Waals surface area (Å²) >= 11 is 0. The lowest BCUT2D eigenvalue weighted by Crippen LogP contribution is -2.37. The minimum absolute atomic E-state index is 0.212. The van der Waals surface area contributed by atoms with Crippen LogP contribution < -0.4 is 5.32 Å². The first-order valence-electron chi connectivity index (χ1n) is 7.45. The van der Waals surface area contributed by atoms with Crippen molar-refractivity contribution in [3.63, 3.8) is 0 Å². The second kappa shape index (κ2) is 6.39. The van der Waals surface area contributed by atoms with Gasteiger partial charge in [-0.3, -0.25) is 0 Å². The van der Waals surface area contributed by atoms with Crippen molar-refractivity contribution in [2.45, 2.75) is 53.6 Å². The molecule has 0 radical (unpaired) electrons. The number of rotatable bonds is 5. The standard InChI is InChI=1S/C17H25N3O/c1-12-8-6-7-9-14(12)10-15-19-20-16(21-15)11-18-13(2)17(3,4)5/h6-9,13,18H,10-11H2,1-5H3/t13-/m0/s1. The normalized spacial score (nSPS) is 13.4. The van der Waals surface area contributed by atoms with Gasteiger partial charge in [0.1, 0.15) is 0 Å². The highest BCUT2D eigenvalue weighted by atomic mass is 16.4. The summed E-state index contributed by atoms with van der Waals surface area (Å²) in [5, 5.41) is 11.7. The van der Waals surface area contributed by atoms with Crippen molar-refractivity contribution in [3.8, 4) is 0 Å². The maximum Gasteiger partial charge on any atom is 0.230 e. The monoisotopic (exact) mass is 287 g/mol. The molecule has 1 atom stereocenters. The zero-order chi connectivity index (χ0) is 15.5. The lowest BCUT2D eigenvalue weighted by Gasteiger charge is -2.27. The minimum Gasteiger partial charge on any atom is -0.424 e. The summed E-state index contributed by atoms with van der Waals surface area (Å²) in [7, 11) is 0. The number of hydrogen-bond donors (Lipinski definition) is 1. The molecule has 0 spiro atoms. The topological polar surface area (TPSA) is 51.0 Å². The van der Waals surface area contributed by atoms with E-state index < -0.39 is 0 Å². The van der Waals surface area contributed by atoms with Crippen LogP contribution in [0.5, 0.6) is 0 Å². The highest BCUT2D eigenvalue weighted by Gasteiger charge is 2.20. The van der Waals surface area contributed by atoms with Gasteiger partial charge in [-0.05, 0) is 30.4 Å². The van der Waals surface area contributed by atoms with Crippen LogP contribution >= 0.6 is 0 Å². The minimum atomic E-state index is 0.212. The van der Waals surface area contributed by atoms with Gasteiger partial charge in [0.2, 0.25) is 11.8 Å². The van der Waals surface area contributed by atoms with Gasteiger partial charge in [-0.25, -0.2) is 0 Å². The molecule has 0 amide bonds. The van der Waals surface area contributed by atoms with Crippen molar-refractivity contribution in [3.05, 3.63) is 47.2 Å². The summed E-state index contributed by atoms with van der Waals surface area (Å²) in [4.78, 5) is 0. The van der Waals surface area contributed by atoms with Crippen molar-refractivity contribution in [1.82, 2.24) is 15.5 Å². The first kappa shape index (κ1) is 15.7. The Hall–Kier alpha value is -1.68. The molecule has 2 rings (SSSR count). The first-order chi connectivity index (χ1) is 9.86. The van der Waals surface area contributed by atoms with Gasteiger partial charge >= 0.3 is 0 Å². The van der Waals surface area contributed by atoms with Gasteiger partial charge in [-0.15, -0.1) is 10.2 Å². The fraction of sp³-hybridized carbons (Fsp3) is 0.529. The summed E-state index contributed by atoms with van der Waals surface area (Å²) in [6, 6.07) is 8.64. The zero-order valence-corrected chi connectivity index (χ0v) is 13.6. The van der Waals surface area contributed by atoms with Crippen LogP contribution in [-0.4, -0.2) is 16.2 Å². The van der Waals surface area contributed by atoms with Gasteiger partial charge in [0.05, 0.1) is 13.0 Å². The average Bonchev–Trinajstić information content (AvgIpc) is 2.85. The Balaban J connectivity index is 1.95. The lowest BCUT2D eigenvalue weighted by molar-refractivity contribution is 0.275. The number of aromatic nitrogens is 2. The number of hydrogen-bond acceptors (Lipinski definition) is 4. The van der Waals surface area contributed by atoms with Crippen molar-refractivity contribution < 1.29 is 4.42 Å². The SMILES string of the molecule is Cc1ccccc1Cc1nnc(CN[C@@H](C)C(C)(C)C)o1. The van der Waals surface area contributed by atoms with E-state index in [1.54, 1.807) is 0 Å². The molecule has 0 saturated carbocycles. The Morgan fingerprint density at radius 1 is 1.14 bits per heavy atom. The van der Waals surface area contributed by atoms with Crippen molar-refractivity contribution in [2.24, 2.45) is 5.41 Å². The van der Waals surface area contributed by atoms with Crippen LogP contribution in [0, 0.1) is 12.3 Å². The van der Waals surface area contributed by atoms with Crippen molar-refractivity contribution in [1.29, 1.82) is 0 Å². The quantitative estimate of drug-likeness (QED) is 0.914. The Labute approximate surface area is 127 Å². The Kier molecular flexibility index (Phi) is 4.78. The number of nitrogens with one attached hydrogen (secondary N) is 1. The van der Waals surface area contributed by atoms with E-state index in [0.717, 1.165) is 0 Å². The van der Waals surface area contributed by atoms with E-state index in [2.05, 4.69) is 62.3 Å². The zero-order valence-electron chi connectivity index (χ0n) is 13.6. The summed E-state index contributed by atoms with van der Waals surface area (Å²) in [5.74, 6) is 1.32. The molecule has 1 aromatic heterocycles. The van der Waals surface area contributed by atoms with Gasteiger partial charge in [0.15, 0.2) is 0 Å². The number of nitrogens with zero attached hydrogens (tertiary/aromatic N) is 2. The lowest BCUT2D eigenvalue weighted by atomic mass is 9.88. The van der Waals surface area contributed by atoms with Crippen LogP contribution in [0.1, 0.15) is 50.6 Å². The Morgan fingerprint density at radius 2 is 1.81 bits per heavy atom. The van der Waals surface area contributed by atoms with Crippen LogP contribution in [0.4, 0.5) is 0 Å². The van der Waals surface area contributed by atoms with Gasteiger partial charge in [-0.1, -0.05) is 45.0 Å². The summed E-state index contributed by atoms with van der Waals surface area (Å²) < 4.78 is 5.72. The third kappa shape index (κ3) is 4.39. The predicted molar refractivity (Wildman–Crippen MR) is 84.0 cm³/mol. The average molecular weight is 287 g/mol. The van der Waals surface area contributed by atoms with Crippen LogP contribution in [-0.2, 0) is 13.0 Å². The molecule has 0 saturated heterocycles. The van der Waals surface area contributed by atoms with E-state index in [4.69, 9.17) is 4.42 Å². The molecule has 0 unspecified atom stereocenters. The van der Waals surface area contributed by atoms with E-state index >= 15 is 0 Å². The molecule has 0 fully saturated rings. The third-order valence-electron chi connectivity index (χ3n) is 3.97. The van der Waals surface area contributed by atoms with E-state index in [1.165, 1.54) is 11.1 Å². The molecular weight excluding hydrogens is 262 g/mol. The van der Waals surface area contributed by atoms with Gasteiger partial charge in [0, 0.05) is 6.04 Å². The molecule has 0 aliphatic carbocycles. The summed E-state index contributed by atoms with van der Waals surface area (Å²) in [6.45, 7) is 11.5. The van der Waals surface area contributed by atoms with E-state index in [0.29, 0.717) is 30.8 Å². The molecule has 114 valence electrons. The smallest absolute Gasteiger partial charge is 0.230 e. The van der Waals surface area contributed by atoms with Crippen molar-refractivity contribution >= 4 is 0 Å². The fourth-order valence-electron chi connectivity index (χ4n) is 1.95. The molecule has 1 heterocycles. The Morgan fingerprint density at radius 3 is 2.48 bits per heavy atom. The third-order valence-corrected chi connectivity index (χ3v) is 3.97.